The molecule has 1 heterocycles. The fourth-order valence-corrected chi connectivity index (χ4v) is 3.22. The Morgan fingerprint density at radius 3 is 3.05 bits per heavy atom. The highest BCUT2D eigenvalue weighted by atomic mass is 32.2. The van der Waals surface area contributed by atoms with Gasteiger partial charge in [-0.1, -0.05) is 13.0 Å². The van der Waals surface area contributed by atoms with Gasteiger partial charge in [0.15, 0.2) is 5.75 Å². The molecule has 1 aromatic rings. The first-order chi connectivity index (χ1) is 9.13. The predicted molar refractivity (Wildman–Crippen MR) is 79.8 cm³/mol. The number of ether oxygens (including phenoxy) is 1. The number of carbonyl (C=O) groups is 1. The van der Waals surface area contributed by atoms with E-state index in [0.29, 0.717) is 28.9 Å². The van der Waals surface area contributed by atoms with E-state index in [1.165, 1.54) is 0 Å². The molecule has 1 aromatic carbocycles. The molecule has 4 nitrogen and oxygen atoms in total. The summed E-state index contributed by atoms with van der Waals surface area (Å²) in [4.78, 5) is 14.5. The van der Waals surface area contributed by atoms with Gasteiger partial charge in [-0.05, 0) is 19.1 Å². The highest BCUT2D eigenvalue weighted by Gasteiger charge is 2.25. The average Bonchev–Trinajstić information content (AvgIpc) is 2.40. The molecule has 5 heteroatoms. The highest BCUT2D eigenvalue weighted by molar-refractivity contribution is 7.99. The van der Waals surface area contributed by atoms with Crippen LogP contribution >= 0.6 is 11.8 Å². The number of nitrogens with two attached hydrogens (primary N) is 1. The van der Waals surface area contributed by atoms with E-state index in [0.717, 1.165) is 18.8 Å². The van der Waals surface area contributed by atoms with Gasteiger partial charge in [0.05, 0.1) is 17.9 Å². The Balaban J connectivity index is 2.25. The van der Waals surface area contributed by atoms with Gasteiger partial charge in [0.25, 0.3) is 5.91 Å². The molecule has 2 rings (SSSR count). The Bertz CT molecular complexity index is 465. The van der Waals surface area contributed by atoms with Gasteiger partial charge in [-0.25, -0.2) is 0 Å². The Kier molecular flexibility index (Phi) is 4.58. The SMILES string of the molecule is CCOc1c(N)cccc1C(=O)N1CCSC(C)C1. The van der Waals surface area contributed by atoms with Crippen molar-refractivity contribution in [1.29, 1.82) is 0 Å². The van der Waals surface area contributed by atoms with E-state index in [4.69, 9.17) is 10.5 Å². The van der Waals surface area contributed by atoms with Crippen molar-refractivity contribution in [2.75, 3.05) is 31.2 Å². The molecular weight excluding hydrogens is 260 g/mol. The Labute approximate surface area is 118 Å². The van der Waals surface area contributed by atoms with Gasteiger partial charge in [0.1, 0.15) is 0 Å². The summed E-state index contributed by atoms with van der Waals surface area (Å²) in [6.45, 7) is 6.10. The Hall–Kier alpha value is -1.36. The lowest BCUT2D eigenvalue weighted by Crippen LogP contribution is -2.41. The first-order valence-electron chi connectivity index (χ1n) is 6.55. The lowest BCUT2D eigenvalue weighted by Gasteiger charge is -2.31. The van der Waals surface area contributed by atoms with Crippen molar-refractivity contribution >= 4 is 23.4 Å². The molecule has 0 saturated carbocycles. The van der Waals surface area contributed by atoms with E-state index >= 15 is 0 Å². The molecule has 0 bridgehead atoms. The second kappa shape index (κ2) is 6.19. The van der Waals surface area contributed by atoms with Crippen molar-refractivity contribution < 1.29 is 9.53 Å². The minimum absolute atomic E-state index is 0.0166. The maximum atomic E-state index is 12.6. The summed E-state index contributed by atoms with van der Waals surface area (Å²) in [5, 5.41) is 0.481. The van der Waals surface area contributed by atoms with Gasteiger partial charge in [-0.3, -0.25) is 4.79 Å². The molecule has 1 atom stereocenters. The van der Waals surface area contributed by atoms with Crippen LogP contribution in [0.15, 0.2) is 18.2 Å². The predicted octanol–water partition coefficient (Wildman–Crippen LogP) is 2.25. The molecule has 0 radical (unpaired) electrons. The first-order valence-corrected chi connectivity index (χ1v) is 7.60. The van der Waals surface area contributed by atoms with Crippen molar-refractivity contribution in [1.82, 2.24) is 4.90 Å². The molecule has 1 aliphatic rings. The number of thioether (sulfide) groups is 1. The quantitative estimate of drug-likeness (QED) is 0.863. The summed E-state index contributed by atoms with van der Waals surface area (Å²) in [5.74, 6) is 1.52. The van der Waals surface area contributed by atoms with Crippen molar-refractivity contribution in [3.8, 4) is 5.75 Å². The molecule has 1 amide bonds. The molecule has 0 aromatic heterocycles. The summed E-state index contributed by atoms with van der Waals surface area (Å²) in [6, 6.07) is 5.35. The van der Waals surface area contributed by atoms with Crippen LogP contribution in [-0.4, -0.2) is 41.5 Å². The smallest absolute Gasteiger partial charge is 0.257 e. The van der Waals surface area contributed by atoms with Crippen LogP contribution in [0.5, 0.6) is 5.75 Å². The van der Waals surface area contributed by atoms with E-state index in [1.807, 2.05) is 23.6 Å². The van der Waals surface area contributed by atoms with Gasteiger partial charge < -0.3 is 15.4 Å². The fraction of sp³-hybridized carbons (Fsp3) is 0.500. The van der Waals surface area contributed by atoms with E-state index in [9.17, 15) is 4.79 Å². The molecule has 1 saturated heterocycles. The summed E-state index contributed by atoms with van der Waals surface area (Å²) in [5.41, 5.74) is 6.99. The lowest BCUT2D eigenvalue weighted by atomic mass is 10.1. The zero-order valence-corrected chi connectivity index (χ0v) is 12.2. The number of hydrogen-bond donors (Lipinski definition) is 1. The third kappa shape index (κ3) is 3.15. The van der Waals surface area contributed by atoms with Crippen LogP contribution in [0.4, 0.5) is 5.69 Å². The number of nitrogen functional groups attached to an aromatic ring is 1. The standard InChI is InChI=1S/C14H20N2O2S/c1-3-18-13-11(5-4-6-12(13)15)14(17)16-7-8-19-10(2)9-16/h4-6,10H,3,7-9,15H2,1-2H3. The number of rotatable bonds is 3. The topological polar surface area (TPSA) is 55.6 Å². The molecule has 19 heavy (non-hydrogen) atoms. The van der Waals surface area contributed by atoms with Crippen LogP contribution in [0, 0.1) is 0 Å². The minimum Gasteiger partial charge on any atom is -0.491 e. The average molecular weight is 280 g/mol. The van der Waals surface area contributed by atoms with Crippen LogP contribution in [0.3, 0.4) is 0 Å². The summed E-state index contributed by atoms with van der Waals surface area (Å²) < 4.78 is 5.53. The van der Waals surface area contributed by atoms with Crippen molar-refractivity contribution in [2.24, 2.45) is 0 Å². The van der Waals surface area contributed by atoms with Crippen molar-refractivity contribution in [3.63, 3.8) is 0 Å². The third-order valence-corrected chi connectivity index (χ3v) is 4.23. The van der Waals surface area contributed by atoms with E-state index < -0.39 is 0 Å². The van der Waals surface area contributed by atoms with Crippen molar-refractivity contribution in [2.45, 2.75) is 19.1 Å². The van der Waals surface area contributed by atoms with Gasteiger partial charge in [-0.15, -0.1) is 0 Å². The molecule has 0 spiro atoms. The van der Waals surface area contributed by atoms with Gasteiger partial charge >= 0.3 is 0 Å². The second-order valence-corrected chi connectivity index (χ2v) is 6.14. The lowest BCUT2D eigenvalue weighted by molar-refractivity contribution is 0.0759. The third-order valence-electron chi connectivity index (χ3n) is 3.09. The molecule has 1 unspecified atom stereocenters. The summed E-state index contributed by atoms with van der Waals surface area (Å²) >= 11 is 1.90. The molecule has 2 N–H and O–H groups in total. The zero-order valence-electron chi connectivity index (χ0n) is 11.4. The fourth-order valence-electron chi connectivity index (χ4n) is 2.20. The second-order valence-electron chi connectivity index (χ2n) is 4.59. The zero-order chi connectivity index (χ0) is 13.8. The maximum absolute atomic E-state index is 12.6. The van der Waals surface area contributed by atoms with Crippen LogP contribution in [0.1, 0.15) is 24.2 Å². The van der Waals surface area contributed by atoms with Gasteiger partial charge in [0, 0.05) is 24.1 Å². The molecular formula is C14H20N2O2S. The summed E-state index contributed by atoms with van der Waals surface area (Å²) in [6.07, 6.45) is 0. The van der Waals surface area contributed by atoms with Crippen LogP contribution in [0.25, 0.3) is 0 Å². The number of benzene rings is 1. The number of para-hydroxylation sites is 1. The number of carbonyl (C=O) groups excluding carboxylic acids is 1. The van der Waals surface area contributed by atoms with Crippen LogP contribution in [0.2, 0.25) is 0 Å². The Morgan fingerprint density at radius 2 is 2.37 bits per heavy atom. The maximum Gasteiger partial charge on any atom is 0.257 e. The highest BCUT2D eigenvalue weighted by Crippen LogP contribution is 2.29. The van der Waals surface area contributed by atoms with Gasteiger partial charge in [0.2, 0.25) is 0 Å². The number of hydrogen-bond acceptors (Lipinski definition) is 4. The normalized spacial score (nSPS) is 19.3. The minimum atomic E-state index is 0.0166. The largest absolute Gasteiger partial charge is 0.491 e. The molecule has 1 fully saturated rings. The molecule has 104 valence electrons. The molecule has 0 aliphatic carbocycles. The van der Waals surface area contributed by atoms with E-state index in [2.05, 4.69) is 6.92 Å². The number of anilines is 1. The number of nitrogens with zero attached hydrogens (tertiary/aromatic N) is 1. The molecule has 1 aliphatic heterocycles. The monoisotopic (exact) mass is 280 g/mol. The first kappa shape index (κ1) is 14.1. The van der Waals surface area contributed by atoms with Gasteiger partial charge in [-0.2, -0.15) is 11.8 Å². The van der Waals surface area contributed by atoms with E-state index in [-0.39, 0.29) is 5.91 Å². The van der Waals surface area contributed by atoms with Crippen LogP contribution in [-0.2, 0) is 0 Å². The van der Waals surface area contributed by atoms with Crippen molar-refractivity contribution in [3.05, 3.63) is 23.8 Å². The Morgan fingerprint density at radius 1 is 1.58 bits per heavy atom. The van der Waals surface area contributed by atoms with E-state index in [1.54, 1.807) is 18.2 Å². The van der Waals surface area contributed by atoms with Crippen LogP contribution < -0.4 is 10.5 Å². The summed E-state index contributed by atoms with van der Waals surface area (Å²) in [7, 11) is 0. The number of amides is 1.